The van der Waals surface area contributed by atoms with Crippen LogP contribution in [-0.4, -0.2) is 24.2 Å². The smallest absolute Gasteiger partial charge is 0.224 e. The highest BCUT2D eigenvalue weighted by Crippen LogP contribution is 2.25. The van der Waals surface area contributed by atoms with Gasteiger partial charge in [0.2, 0.25) is 11.8 Å². The number of ketones is 1. The lowest BCUT2D eigenvalue weighted by Gasteiger charge is -2.17. The van der Waals surface area contributed by atoms with E-state index < -0.39 is 0 Å². The highest BCUT2D eigenvalue weighted by molar-refractivity contribution is 6.00. The lowest BCUT2D eigenvalue weighted by atomic mass is 10.0. The maximum Gasteiger partial charge on any atom is 0.224 e. The molecule has 0 unspecified atom stereocenters. The number of ether oxygens (including phenoxy) is 1. The van der Waals surface area contributed by atoms with Crippen molar-refractivity contribution in [3.63, 3.8) is 0 Å². The van der Waals surface area contributed by atoms with Gasteiger partial charge in [0.25, 0.3) is 0 Å². The SMILES string of the molecule is CCOc1ccc(C(=O)CCC(=O)Nc2ccc3c(c2)CCC(=O)N3)cc1. The zero-order valence-electron chi connectivity index (χ0n) is 15.2. The van der Waals surface area contributed by atoms with Crippen molar-refractivity contribution in [1.82, 2.24) is 0 Å². The summed E-state index contributed by atoms with van der Waals surface area (Å²) in [5.74, 6) is 0.429. The molecule has 2 N–H and O–H groups in total. The number of nitrogens with one attached hydrogen (secondary N) is 2. The van der Waals surface area contributed by atoms with Crippen molar-refractivity contribution in [3.8, 4) is 5.75 Å². The molecule has 2 amide bonds. The second kappa shape index (κ2) is 8.49. The number of hydrogen-bond donors (Lipinski definition) is 2. The zero-order chi connectivity index (χ0) is 19.2. The van der Waals surface area contributed by atoms with Crippen LogP contribution >= 0.6 is 0 Å². The Bertz CT molecular complexity index is 859. The first-order valence-corrected chi connectivity index (χ1v) is 9.04. The van der Waals surface area contributed by atoms with E-state index in [0.717, 1.165) is 17.0 Å². The average Bonchev–Trinajstić information content (AvgIpc) is 2.67. The number of carbonyl (C=O) groups is 3. The molecule has 0 aromatic heterocycles. The van der Waals surface area contributed by atoms with Gasteiger partial charge in [-0.1, -0.05) is 0 Å². The maximum absolute atomic E-state index is 12.2. The molecule has 0 radical (unpaired) electrons. The predicted molar refractivity (Wildman–Crippen MR) is 103 cm³/mol. The first-order chi connectivity index (χ1) is 13.0. The lowest BCUT2D eigenvalue weighted by molar-refractivity contribution is -0.117. The van der Waals surface area contributed by atoms with Crippen LogP contribution in [0.4, 0.5) is 11.4 Å². The third kappa shape index (κ3) is 4.94. The molecule has 0 aliphatic carbocycles. The third-order valence-corrected chi connectivity index (χ3v) is 4.35. The van der Waals surface area contributed by atoms with E-state index in [2.05, 4.69) is 10.6 Å². The van der Waals surface area contributed by atoms with Crippen molar-refractivity contribution in [3.05, 3.63) is 53.6 Å². The van der Waals surface area contributed by atoms with Crippen molar-refractivity contribution < 1.29 is 19.1 Å². The summed E-state index contributed by atoms with van der Waals surface area (Å²) in [7, 11) is 0. The van der Waals surface area contributed by atoms with Crippen molar-refractivity contribution >= 4 is 29.0 Å². The molecular formula is C21H22N2O4. The normalized spacial score (nSPS) is 12.7. The first-order valence-electron chi connectivity index (χ1n) is 9.04. The number of carbonyl (C=O) groups excluding carboxylic acids is 3. The van der Waals surface area contributed by atoms with E-state index in [1.165, 1.54) is 0 Å². The van der Waals surface area contributed by atoms with Gasteiger partial charge in [-0.2, -0.15) is 0 Å². The Morgan fingerprint density at radius 2 is 1.85 bits per heavy atom. The monoisotopic (exact) mass is 366 g/mol. The Morgan fingerprint density at radius 1 is 1.07 bits per heavy atom. The van der Waals surface area contributed by atoms with E-state index in [9.17, 15) is 14.4 Å². The van der Waals surface area contributed by atoms with Crippen LogP contribution in [0.3, 0.4) is 0 Å². The topological polar surface area (TPSA) is 84.5 Å². The lowest BCUT2D eigenvalue weighted by Crippen LogP contribution is -2.19. The number of anilines is 2. The van der Waals surface area contributed by atoms with Gasteiger partial charge in [-0.05, 0) is 61.4 Å². The molecule has 27 heavy (non-hydrogen) atoms. The molecule has 6 heteroatoms. The molecule has 0 saturated carbocycles. The van der Waals surface area contributed by atoms with Gasteiger partial charge in [-0.15, -0.1) is 0 Å². The summed E-state index contributed by atoms with van der Waals surface area (Å²) in [5.41, 5.74) is 3.02. The molecule has 140 valence electrons. The molecule has 1 aliphatic heterocycles. The summed E-state index contributed by atoms with van der Waals surface area (Å²) in [5, 5.41) is 5.62. The fourth-order valence-corrected chi connectivity index (χ4v) is 2.96. The van der Waals surface area contributed by atoms with Gasteiger partial charge in [-0.25, -0.2) is 0 Å². The van der Waals surface area contributed by atoms with Gasteiger partial charge in [0, 0.05) is 36.2 Å². The summed E-state index contributed by atoms with van der Waals surface area (Å²) in [4.78, 5) is 35.8. The Balaban J connectivity index is 1.52. The number of rotatable bonds is 7. The molecule has 0 fully saturated rings. The fraction of sp³-hybridized carbons (Fsp3) is 0.286. The van der Waals surface area contributed by atoms with Gasteiger partial charge < -0.3 is 15.4 Å². The number of hydrogen-bond acceptors (Lipinski definition) is 4. The average molecular weight is 366 g/mol. The minimum absolute atomic E-state index is 0.00656. The van der Waals surface area contributed by atoms with Gasteiger partial charge in [-0.3, -0.25) is 14.4 Å². The largest absolute Gasteiger partial charge is 0.494 e. The molecule has 0 bridgehead atoms. The second-order valence-electron chi connectivity index (χ2n) is 6.35. The van der Waals surface area contributed by atoms with Crippen LogP contribution in [0.15, 0.2) is 42.5 Å². The number of fused-ring (bicyclic) bond motifs is 1. The molecule has 0 saturated heterocycles. The molecule has 3 rings (SSSR count). The fourth-order valence-electron chi connectivity index (χ4n) is 2.96. The number of amides is 2. The van der Waals surface area contributed by atoms with Crippen molar-refractivity contribution in [2.45, 2.75) is 32.6 Å². The van der Waals surface area contributed by atoms with Crippen LogP contribution in [0.25, 0.3) is 0 Å². The van der Waals surface area contributed by atoms with Crippen LogP contribution in [0.2, 0.25) is 0 Å². The Kier molecular flexibility index (Phi) is 5.86. The first kappa shape index (κ1) is 18.6. The summed E-state index contributed by atoms with van der Waals surface area (Å²) < 4.78 is 5.35. The summed E-state index contributed by atoms with van der Waals surface area (Å²) in [6.45, 7) is 2.47. The van der Waals surface area contributed by atoms with Crippen LogP contribution in [0, 0.1) is 0 Å². The van der Waals surface area contributed by atoms with Crippen LogP contribution < -0.4 is 15.4 Å². The van der Waals surface area contributed by atoms with Crippen molar-refractivity contribution in [2.24, 2.45) is 0 Å². The van der Waals surface area contributed by atoms with E-state index in [1.807, 2.05) is 13.0 Å². The third-order valence-electron chi connectivity index (χ3n) is 4.35. The summed E-state index contributed by atoms with van der Waals surface area (Å²) in [6.07, 6.45) is 1.35. The van der Waals surface area contributed by atoms with E-state index >= 15 is 0 Å². The van der Waals surface area contributed by atoms with Crippen molar-refractivity contribution in [2.75, 3.05) is 17.2 Å². The van der Waals surface area contributed by atoms with E-state index in [0.29, 0.717) is 30.7 Å². The van der Waals surface area contributed by atoms with E-state index in [1.54, 1.807) is 36.4 Å². The van der Waals surface area contributed by atoms with Gasteiger partial charge in [0.15, 0.2) is 5.78 Å². The Labute approximate surface area is 157 Å². The minimum Gasteiger partial charge on any atom is -0.494 e. The summed E-state index contributed by atoms with van der Waals surface area (Å²) in [6, 6.07) is 12.3. The molecule has 6 nitrogen and oxygen atoms in total. The molecule has 2 aromatic carbocycles. The highest BCUT2D eigenvalue weighted by Gasteiger charge is 2.15. The second-order valence-corrected chi connectivity index (χ2v) is 6.35. The van der Waals surface area contributed by atoms with Crippen LogP contribution in [0.5, 0.6) is 5.75 Å². The molecule has 1 aliphatic rings. The highest BCUT2D eigenvalue weighted by atomic mass is 16.5. The molecular weight excluding hydrogens is 344 g/mol. The summed E-state index contributed by atoms with van der Waals surface area (Å²) >= 11 is 0. The van der Waals surface area contributed by atoms with Gasteiger partial charge in [0.1, 0.15) is 5.75 Å². The number of Topliss-reactive ketones (excluding diaryl/α,β-unsaturated/α-hetero) is 1. The Morgan fingerprint density at radius 3 is 2.59 bits per heavy atom. The Hall–Kier alpha value is -3.15. The predicted octanol–water partition coefficient (Wildman–Crippen LogP) is 3.57. The number of benzene rings is 2. The van der Waals surface area contributed by atoms with Crippen molar-refractivity contribution in [1.29, 1.82) is 0 Å². The molecule has 0 atom stereocenters. The maximum atomic E-state index is 12.2. The minimum atomic E-state index is -0.214. The molecule has 2 aromatic rings. The van der Waals surface area contributed by atoms with Gasteiger partial charge in [0.05, 0.1) is 6.61 Å². The van der Waals surface area contributed by atoms with Crippen LogP contribution in [-0.2, 0) is 16.0 Å². The van der Waals surface area contributed by atoms with E-state index in [-0.39, 0.29) is 30.4 Å². The van der Waals surface area contributed by atoms with Crippen LogP contribution in [0.1, 0.15) is 42.1 Å². The van der Waals surface area contributed by atoms with Gasteiger partial charge >= 0.3 is 0 Å². The zero-order valence-corrected chi connectivity index (χ0v) is 15.2. The van der Waals surface area contributed by atoms with E-state index in [4.69, 9.17) is 4.74 Å². The number of aryl methyl sites for hydroxylation is 1. The molecule has 0 spiro atoms. The molecule has 1 heterocycles. The standard InChI is InChI=1S/C21H22N2O4/c1-2-27-17-7-3-14(4-8-17)19(24)10-12-20(25)22-16-6-9-18-15(13-16)5-11-21(26)23-18/h3-4,6-9,13H,2,5,10-12H2,1H3,(H,22,25)(H,23,26). The quantitative estimate of drug-likeness (QED) is 0.734.